The van der Waals surface area contributed by atoms with E-state index in [4.69, 9.17) is 11.6 Å². The first-order valence-electron chi connectivity index (χ1n) is 6.08. The highest BCUT2D eigenvalue weighted by atomic mass is 35.5. The molecule has 0 fully saturated rings. The van der Waals surface area contributed by atoms with Gasteiger partial charge in [-0.1, -0.05) is 31.5 Å². The van der Waals surface area contributed by atoms with Crippen molar-refractivity contribution in [1.82, 2.24) is 0 Å². The van der Waals surface area contributed by atoms with E-state index < -0.39 is 0 Å². The predicted molar refractivity (Wildman–Crippen MR) is 81.4 cm³/mol. The standard InChI is InChI=1S/C15H21ClN2/c1-5-10-15(3,4)11-12(2)17-18-14-8-6-13(16)7-9-14/h5-9,18H,1,10-11H2,2-4H3/b17-12+. The van der Waals surface area contributed by atoms with Crippen molar-refractivity contribution in [3.8, 4) is 0 Å². The van der Waals surface area contributed by atoms with Crippen molar-refractivity contribution < 1.29 is 0 Å². The van der Waals surface area contributed by atoms with Crippen LogP contribution in [-0.4, -0.2) is 5.71 Å². The first-order valence-corrected chi connectivity index (χ1v) is 6.46. The summed E-state index contributed by atoms with van der Waals surface area (Å²) >= 11 is 5.82. The molecule has 0 radical (unpaired) electrons. The Balaban J connectivity index is 2.56. The van der Waals surface area contributed by atoms with Gasteiger partial charge >= 0.3 is 0 Å². The topological polar surface area (TPSA) is 24.4 Å². The van der Waals surface area contributed by atoms with E-state index in [0.717, 1.165) is 29.3 Å². The Kier molecular flexibility index (Phi) is 5.42. The summed E-state index contributed by atoms with van der Waals surface area (Å²) in [6.07, 6.45) is 3.89. The van der Waals surface area contributed by atoms with Crippen LogP contribution in [0.25, 0.3) is 0 Å². The molecule has 0 unspecified atom stereocenters. The largest absolute Gasteiger partial charge is 0.279 e. The lowest BCUT2D eigenvalue weighted by Crippen LogP contribution is -2.15. The minimum Gasteiger partial charge on any atom is -0.279 e. The van der Waals surface area contributed by atoms with Gasteiger partial charge in [-0.25, -0.2) is 0 Å². The molecule has 1 aromatic carbocycles. The Morgan fingerprint density at radius 1 is 1.39 bits per heavy atom. The second-order valence-electron chi connectivity index (χ2n) is 5.30. The molecule has 0 spiro atoms. The molecule has 0 saturated heterocycles. The van der Waals surface area contributed by atoms with Crippen LogP contribution in [0.1, 0.15) is 33.6 Å². The molecule has 1 rings (SSSR count). The van der Waals surface area contributed by atoms with Crippen molar-refractivity contribution in [3.63, 3.8) is 0 Å². The van der Waals surface area contributed by atoms with Gasteiger partial charge in [-0.3, -0.25) is 5.43 Å². The maximum Gasteiger partial charge on any atom is 0.0562 e. The second-order valence-corrected chi connectivity index (χ2v) is 5.74. The molecule has 0 amide bonds. The van der Waals surface area contributed by atoms with Crippen molar-refractivity contribution in [3.05, 3.63) is 41.9 Å². The van der Waals surface area contributed by atoms with Crippen LogP contribution < -0.4 is 5.43 Å². The highest BCUT2D eigenvalue weighted by Crippen LogP contribution is 2.25. The smallest absolute Gasteiger partial charge is 0.0562 e. The molecule has 0 aliphatic heterocycles. The van der Waals surface area contributed by atoms with Gasteiger partial charge in [0, 0.05) is 10.7 Å². The predicted octanol–water partition coefficient (Wildman–Crippen LogP) is 5.12. The SMILES string of the molecule is C=CCC(C)(C)C/C(C)=N/Nc1ccc(Cl)cc1. The molecule has 0 aromatic heterocycles. The van der Waals surface area contributed by atoms with Crippen LogP contribution in [0.3, 0.4) is 0 Å². The summed E-state index contributed by atoms with van der Waals surface area (Å²) in [5.74, 6) is 0. The summed E-state index contributed by atoms with van der Waals surface area (Å²) in [7, 11) is 0. The first kappa shape index (κ1) is 14.8. The Hall–Kier alpha value is -1.28. The van der Waals surface area contributed by atoms with Crippen molar-refractivity contribution in [2.45, 2.75) is 33.6 Å². The van der Waals surface area contributed by atoms with Crippen LogP contribution >= 0.6 is 11.6 Å². The Morgan fingerprint density at radius 3 is 2.56 bits per heavy atom. The van der Waals surface area contributed by atoms with E-state index in [1.165, 1.54) is 0 Å². The van der Waals surface area contributed by atoms with Gasteiger partial charge in [0.25, 0.3) is 0 Å². The highest BCUT2D eigenvalue weighted by Gasteiger charge is 2.16. The molecule has 98 valence electrons. The number of halogens is 1. The van der Waals surface area contributed by atoms with Gasteiger partial charge in [-0.05, 0) is 49.4 Å². The molecule has 3 heteroatoms. The van der Waals surface area contributed by atoms with Crippen LogP contribution in [0.5, 0.6) is 0 Å². The fourth-order valence-corrected chi connectivity index (χ4v) is 2.01. The van der Waals surface area contributed by atoms with Gasteiger partial charge in [0.1, 0.15) is 0 Å². The Bertz CT molecular complexity index is 419. The van der Waals surface area contributed by atoms with Gasteiger partial charge in [0.05, 0.1) is 5.69 Å². The molecule has 0 saturated carbocycles. The third-order valence-electron chi connectivity index (χ3n) is 2.65. The lowest BCUT2D eigenvalue weighted by molar-refractivity contribution is 0.388. The maximum atomic E-state index is 5.82. The first-order chi connectivity index (χ1) is 8.43. The van der Waals surface area contributed by atoms with Crippen molar-refractivity contribution in [2.75, 3.05) is 5.43 Å². The van der Waals surface area contributed by atoms with Crippen molar-refractivity contribution in [1.29, 1.82) is 0 Å². The molecular weight excluding hydrogens is 244 g/mol. The zero-order valence-electron chi connectivity index (χ0n) is 11.3. The zero-order valence-corrected chi connectivity index (χ0v) is 12.1. The molecule has 1 N–H and O–H groups in total. The van der Waals surface area contributed by atoms with E-state index in [2.05, 4.69) is 31.0 Å². The maximum absolute atomic E-state index is 5.82. The number of hydrogen-bond acceptors (Lipinski definition) is 2. The fourth-order valence-electron chi connectivity index (χ4n) is 1.88. The number of anilines is 1. The minimum absolute atomic E-state index is 0.205. The van der Waals surface area contributed by atoms with Gasteiger partial charge in [-0.2, -0.15) is 5.10 Å². The van der Waals surface area contributed by atoms with E-state index in [9.17, 15) is 0 Å². The molecule has 0 atom stereocenters. The van der Waals surface area contributed by atoms with Gasteiger partial charge in [0.2, 0.25) is 0 Å². The second kappa shape index (κ2) is 6.60. The average molecular weight is 265 g/mol. The summed E-state index contributed by atoms with van der Waals surface area (Å²) in [5.41, 5.74) is 5.27. The normalized spacial score (nSPS) is 12.3. The number of nitrogens with zero attached hydrogens (tertiary/aromatic N) is 1. The van der Waals surface area contributed by atoms with Crippen molar-refractivity contribution in [2.24, 2.45) is 10.5 Å². The monoisotopic (exact) mass is 264 g/mol. The van der Waals surface area contributed by atoms with E-state index in [1.54, 1.807) is 0 Å². The van der Waals surface area contributed by atoms with E-state index in [1.807, 2.05) is 37.3 Å². The summed E-state index contributed by atoms with van der Waals surface area (Å²) in [4.78, 5) is 0. The summed E-state index contributed by atoms with van der Waals surface area (Å²) < 4.78 is 0. The molecular formula is C15H21ClN2. The Labute approximate surface area is 115 Å². The number of benzene rings is 1. The number of nitrogens with one attached hydrogen (secondary N) is 1. The van der Waals surface area contributed by atoms with Crippen LogP contribution in [0, 0.1) is 5.41 Å². The molecule has 0 aliphatic rings. The van der Waals surface area contributed by atoms with Crippen LogP contribution in [0.15, 0.2) is 42.0 Å². The summed E-state index contributed by atoms with van der Waals surface area (Å²) in [5, 5.41) is 5.11. The van der Waals surface area contributed by atoms with Crippen LogP contribution in [-0.2, 0) is 0 Å². The van der Waals surface area contributed by atoms with Gasteiger partial charge < -0.3 is 0 Å². The number of allylic oxidation sites excluding steroid dienone is 1. The fraction of sp³-hybridized carbons (Fsp3) is 0.400. The number of rotatable bonds is 6. The highest BCUT2D eigenvalue weighted by molar-refractivity contribution is 6.30. The molecule has 0 heterocycles. The third kappa shape index (κ3) is 5.37. The molecule has 1 aromatic rings. The number of hydrogen-bond donors (Lipinski definition) is 1. The van der Waals surface area contributed by atoms with E-state index >= 15 is 0 Å². The van der Waals surface area contributed by atoms with E-state index in [-0.39, 0.29) is 5.41 Å². The Morgan fingerprint density at radius 2 is 2.00 bits per heavy atom. The van der Waals surface area contributed by atoms with E-state index in [0.29, 0.717) is 0 Å². The zero-order chi connectivity index (χ0) is 13.6. The van der Waals surface area contributed by atoms with Crippen molar-refractivity contribution >= 4 is 23.0 Å². The molecule has 18 heavy (non-hydrogen) atoms. The van der Waals surface area contributed by atoms with Crippen LogP contribution in [0.4, 0.5) is 5.69 Å². The lowest BCUT2D eigenvalue weighted by atomic mass is 9.84. The molecule has 2 nitrogen and oxygen atoms in total. The summed E-state index contributed by atoms with van der Waals surface area (Å²) in [6, 6.07) is 7.51. The minimum atomic E-state index is 0.205. The molecule has 0 bridgehead atoms. The third-order valence-corrected chi connectivity index (χ3v) is 2.90. The average Bonchev–Trinajstić information content (AvgIpc) is 2.27. The lowest BCUT2D eigenvalue weighted by Gasteiger charge is -2.22. The molecule has 0 aliphatic carbocycles. The van der Waals surface area contributed by atoms with Gasteiger partial charge in [-0.15, -0.1) is 6.58 Å². The quantitative estimate of drug-likeness (QED) is 0.430. The van der Waals surface area contributed by atoms with Gasteiger partial charge in [0.15, 0.2) is 0 Å². The number of hydrazone groups is 1. The summed E-state index contributed by atoms with van der Waals surface area (Å²) in [6.45, 7) is 10.3. The van der Waals surface area contributed by atoms with Crippen LogP contribution in [0.2, 0.25) is 5.02 Å².